The number of Topliss-reactive ketones (excluding diaryl/α,β-unsaturated/α-hetero) is 2. The number of carbonyl (C=O) groups excluding carboxylic acids is 3. The van der Waals surface area contributed by atoms with Crippen LogP contribution < -0.4 is 0 Å². The number of ether oxygens (including phenoxy) is 1. The van der Waals surface area contributed by atoms with Crippen LogP contribution >= 0.6 is 0 Å². The Morgan fingerprint density at radius 3 is 2.14 bits per heavy atom. The molecule has 0 radical (unpaired) electrons. The van der Waals surface area contributed by atoms with Crippen molar-refractivity contribution in [2.75, 3.05) is 0 Å². The van der Waals surface area contributed by atoms with E-state index in [9.17, 15) is 14.4 Å². The fraction of sp³-hybridized carbons (Fsp3) is 0.444. The van der Waals surface area contributed by atoms with Crippen molar-refractivity contribution in [1.29, 1.82) is 0 Å². The molecule has 2 aromatic heterocycles. The first-order valence-electron chi connectivity index (χ1n) is 12.6. The lowest BCUT2D eigenvalue weighted by atomic mass is 10.0. The Morgan fingerprint density at radius 1 is 0.946 bits per heavy atom. The van der Waals surface area contributed by atoms with Gasteiger partial charge in [0, 0.05) is 23.0 Å². The minimum Gasteiger partial charge on any atom is -0.442 e. The van der Waals surface area contributed by atoms with Gasteiger partial charge in [-0.2, -0.15) is 15.4 Å². The summed E-state index contributed by atoms with van der Waals surface area (Å²) in [5, 5.41) is 18.8. The summed E-state index contributed by atoms with van der Waals surface area (Å²) in [6, 6.07) is 7.21. The minimum atomic E-state index is -0.602. The molecule has 2 heterocycles. The molecule has 10 nitrogen and oxygen atoms in total. The quantitative estimate of drug-likeness (QED) is 0.417. The maximum absolute atomic E-state index is 12.3. The first-order chi connectivity index (χ1) is 17.6. The predicted octanol–water partition coefficient (Wildman–Crippen LogP) is 4.70. The molecule has 2 aromatic carbocycles. The van der Waals surface area contributed by atoms with Crippen LogP contribution in [0.2, 0.25) is 0 Å². The number of nitrogens with zero attached hydrogens (tertiary/aromatic N) is 5. The number of nitrogens with one attached hydrogen (secondary N) is 1. The average molecular weight is 503 g/mol. The van der Waals surface area contributed by atoms with Crippen LogP contribution in [0.15, 0.2) is 24.3 Å². The van der Waals surface area contributed by atoms with Gasteiger partial charge in [0.05, 0.1) is 0 Å². The second-order valence-corrected chi connectivity index (χ2v) is 10.6. The van der Waals surface area contributed by atoms with Crippen LogP contribution in [0.5, 0.6) is 0 Å². The van der Waals surface area contributed by atoms with Gasteiger partial charge in [0.25, 0.3) is 0 Å². The van der Waals surface area contributed by atoms with E-state index in [1.54, 1.807) is 32.9 Å². The molecule has 1 N–H and O–H groups in total. The highest BCUT2D eigenvalue weighted by Gasteiger charge is 2.33. The van der Waals surface area contributed by atoms with Crippen LogP contribution in [0.4, 0.5) is 4.79 Å². The van der Waals surface area contributed by atoms with E-state index in [2.05, 4.69) is 32.6 Å². The van der Waals surface area contributed by atoms with E-state index < -0.39 is 11.7 Å². The van der Waals surface area contributed by atoms with E-state index in [4.69, 9.17) is 4.74 Å². The van der Waals surface area contributed by atoms with Gasteiger partial charge in [-0.3, -0.25) is 9.59 Å². The number of fused-ring (bicyclic) bond motifs is 6. The number of carbonyl (C=O) groups is 3. The predicted molar refractivity (Wildman–Crippen MR) is 137 cm³/mol. The molecule has 0 amide bonds. The Morgan fingerprint density at radius 2 is 1.54 bits per heavy atom. The number of ketones is 2. The highest BCUT2D eigenvalue weighted by Crippen LogP contribution is 2.34. The molecule has 0 spiro atoms. The molecule has 0 saturated heterocycles. The second-order valence-electron chi connectivity index (χ2n) is 10.6. The van der Waals surface area contributed by atoms with E-state index in [0.29, 0.717) is 23.0 Å². The maximum atomic E-state index is 12.3. The third-order valence-electron chi connectivity index (χ3n) is 7.04. The summed E-state index contributed by atoms with van der Waals surface area (Å²) >= 11 is 0. The number of H-pyrrole nitrogens is 1. The summed E-state index contributed by atoms with van der Waals surface area (Å²) in [5.41, 5.74) is 5.80. The van der Waals surface area contributed by atoms with Crippen molar-refractivity contribution < 1.29 is 19.1 Å². The molecule has 0 aliphatic heterocycles. The van der Waals surface area contributed by atoms with Crippen molar-refractivity contribution in [3.8, 4) is 0 Å². The number of hydrogen-bond donors (Lipinski definition) is 1. The molecule has 6 rings (SSSR count). The number of aromatic nitrogens is 6. The van der Waals surface area contributed by atoms with Crippen LogP contribution in [0.1, 0.15) is 79.3 Å². The molecule has 10 heteroatoms. The van der Waals surface area contributed by atoms with Crippen LogP contribution in [0, 0.1) is 11.8 Å². The Kier molecular flexibility index (Phi) is 6.13. The van der Waals surface area contributed by atoms with Gasteiger partial charge >= 0.3 is 6.09 Å². The smallest absolute Gasteiger partial charge is 0.437 e. The van der Waals surface area contributed by atoms with Crippen molar-refractivity contribution in [2.45, 2.75) is 65.9 Å². The highest BCUT2D eigenvalue weighted by atomic mass is 16.6. The van der Waals surface area contributed by atoms with Gasteiger partial charge in [0.1, 0.15) is 27.7 Å². The summed E-state index contributed by atoms with van der Waals surface area (Å²) in [6.07, 6.45) is 2.61. The molecule has 37 heavy (non-hydrogen) atoms. The summed E-state index contributed by atoms with van der Waals surface area (Å²) in [5.74, 6) is 0.568. The second kappa shape index (κ2) is 9.17. The van der Waals surface area contributed by atoms with Crippen LogP contribution in [-0.2, 0) is 17.6 Å². The molecule has 2 aliphatic carbocycles. The zero-order chi connectivity index (χ0) is 26.5. The van der Waals surface area contributed by atoms with Gasteiger partial charge in [0.2, 0.25) is 0 Å². The van der Waals surface area contributed by atoms with Crippen LogP contribution in [0.25, 0.3) is 22.1 Å². The summed E-state index contributed by atoms with van der Waals surface area (Å²) < 4.78 is 6.48. The molecule has 192 valence electrons. The molecular weight excluding hydrogens is 472 g/mol. The molecule has 0 saturated carbocycles. The molecule has 4 aromatic rings. The Bertz CT molecular complexity index is 1540. The monoisotopic (exact) mass is 502 g/mol. The number of rotatable bonds is 2. The molecule has 0 fully saturated rings. The van der Waals surface area contributed by atoms with Crippen LogP contribution in [0.3, 0.4) is 0 Å². The lowest BCUT2D eigenvalue weighted by Gasteiger charge is -2.18. The van der Waals surface area contributed by atoms with Crippen molar-refractivity contribution in [1.82, 2.24) is 30.4 Å². The highest BCUT2D eigenvalue weighted by molar-refractivity contribution is 6.07. The molecule has 2 unspecified atom stereocenters. The van der Waals surface area contributed by atoms with E-state index in [1.165, 1.54) is 0 Å². The van der Waals surface area contributed by atoms with Gasteiger partial charge < -0.3 is 4.74 Å². The fourth-order valence-corrected chi connectivity index (χ4v) is 5.10. The number of benzene rings is 2. The Labute approximate surface area is 213 Å². The fourth-order valence-electron chi connectivity index (χ4n) is 5.10. The van der Waals surface area contributed by atoms with Crippen molar-refractivity contribution in [2.24, 2.45) is 11.8 Å². The van der Waals surface area contributed by atoms with Gasteiger partial charge in [-0.25, -0.2) is 4.79 Å². The van der Waals surface area contributed by atoms with Crippen molar-refractivity contribution in [3.63, 3.8) is 0 Å². The first-order valence-corrected chi connectivity index (χ1v) is 12.6. The molecule has 2 aliphatic rings. The summed E-state index contributed by atoms with van der Waals surface area (Å²) in [7, 11) is 0. The third-order valence-corrected chi connectivity index (χ3v) is 7.04. The number of aromatic amines is 1. The van der Waals surface area contributed by atoms with Gasteiger partial charge in [-0.1, -0.05) is 19.1 Å². The number of hydrogen-bond acceptors (Lipinski definition) is 8. The average Bonchev–Trinajstić information content (AvgIpc) is 3.62. The van der Waals surface area contributed by atoms with E-state index in [1.807, 2.05) is 19.1 Å². The lowest BCUT2D eigenvalue weighted by Crippen LogP contribution is -2.27. The first kappa shape index (κ1) is 24.7. The molecule has 0 bridgehead atoms. The summed E-state index contributed by atoms with van der Waals surface area (Å²) in [4.78, 5) is 36.4. The minimum absolute atomic E-state index is 0.00674. The molecular formula is C27H30N6O4. The van der Waals surface area contributed by atoms with E-state index >= 15 is 0 Å². The maximum Gasteiger partial charge on any atom is 0.437 e. The largest absolute Gasteiger partial charge is 0.442 e. The van der Waals surface area contributed by atoms with E-state index in [0.717, 1.165) is 51.7 Å². The Hall–Kier alpha value is -3.95. The summed E-state index contributed by atoms with van der Waals surface area (Å²) in [6.45, 7) is 9.45. The topological polar surface area (TPSA) is 133 Å². The standard InChI is InChI=1S/C16H19N3O3.C11H11N3O/c1-5-9-8-11-10(14(9)20)6-7-12-13(11)17-18-19(12)15(21)22-16(2,3)4;1-2-6-5-8-7(11(6)15)3-4-9-10(8)13-14-12-9/h6-7,9H,5,8H2,1-4H3;3-4,6H,2,5H2,1H3,(H,12,13,14). The lowest BCUT2D eigenvalue weighted by molar-refractivity contribution is 0.0519. The zero-order valence-corrected chi connectivity index (χ0v) is 21.7. The van der Waals surface area contributed by atoms with Crippen molar-refractivity contribution >= 4 is 39.7 Å². The van der Waals surface area contributed by atoms with Gasteiger partial charge in [-0.05, 0) is 81.8 Å². The van der Waals surface area contributed by atoms with Crippen LogP contribution in [-0.4, -0.2) is 53.7 Å². The third kappa shape index (κ3) is 4.30. The van der Waals surface area contributed by atoms with Gasteiger partial charge in [-0.15, -0.1) is 9.78 Å². The Balaban J connectivity index is 0.000000162. The van der Waals surface area contributed by atoms with E-state index in [-0.39, 0.29) is 23.4 Å². The van der Waals surface area contributed by atoms with Crippen molar-refractivity contribution in [3.05, 3.63) is 46.5 Å². The molecule has 2 atom stereocenters. The SMILES string of the molecule is CCC1Cc2c(ccc3c2nnn3C(=O)OC(C)(C)C)C1=O.CCC1Cc2c(ccc3n[nH]nc23)C1=O. The normalized spacial score (nSPS) is 18.6. The van der Waals surface area contributed by atoms with Gasteiger partial charge in [0.15, 0.2) is 11.6 Å². The zero-order valence-electron chi connectivity index (χ0n) is 21.7.